The van der Waals surface area contributed by atoms with Crippen LogP contribution in [0.1, 0.15) is 11.4 Å². The highest BCUT2D eigenvalue weighted by Gasteiger charge is 2.23. The van der Waals surface area contributed by atoms with Crippen LogP contribution in [0.5, 0.6) is 0 Å². The maximum Gasteiger partial charge on any atom is 0.228 e. The largest absolute Gasteiger partial charge is 0.384 e. The quantitative estimate of drug-likeness (QED) is 0.728. The number of sulfone groups is 1. The van der Waals surface area contributed by atoms with Crippen LogP contribution in [0.4, 0.5) is 0 Å². The summed E-state index contributed by atoms with van der Waals surface area (Å²) in [5, 5.41) is 0.103. The van der Waals surface area contributed by atoms with Gasteiger partial charge in [-0.05, 0) is 13.8 Å². The molecule has 7 heteroatoms. The number of aromatic nitrogens is 2. The maximum atomic E-state index is 12.1. The molecule has 0 aliphatic heterocycles. The summed E-state index contributed by atoms with van der Waals surface area (Å²) in [7, 11) is -0.357. The van der Waals surface area contributed by atoms with Crippen molar-refractivity contribution in [2.45, 2.75) is 25.5 Å². The first-order valence-corrected chi connectivity index (χ1v) is 7.33. The molecule has 0 unspecified atom stereocenters. The Hall–Kier alpha value is -0.920. The Balaban J connectivity index is 3.11. The van der Waals surface area contributed by atoms with Crippen molar-refractivity contribution in [1.82, 2.24) is 9.55 Å². The molecule has 0 aliphatic carbocycles. The second-order valence-corrected chi connectivity index (χ2v) is 6.02. The van der Waals surface area contributed by atoms with Crippen LogP contribution in [0.25, 0.3) is 0 Å². The Bertz CT molecular complexity index is 493. The molecule has 1 heterocycles. The molecule has 104 valence electrons. The lowest BCUT2D eigenvalue weighted by atomic mass is 10.4. The predicted octanol–water partition coefficient (Wildman–Crippen LogP) is 0.566. The van der Waals surface area contributed by atoms with Crippen LogP contribution in [0.15, 0.2) is 5.16 Å². The van der Waals surface area contributed by atoms with E-state index in [-0.39, 0.29) is 17.5 Å². The van der Waals surface area contributed by atoms with Crippen LogP contribution < -0.4 is 0 Å². The standard InChI is InChI=1S/C11H20N2O4S/c1-9-10(2)13(5-6-16-3)11(12-9)18(14,15)8-7-17-4/h5-8H2,1-4H3. The van der Waals surface area contributed by atoms with Gasteiger partial charge in [0.1, 0.15) is 0 Å². The highest BCUT2D eigenvalue weighted by atomic mass is 32.2. The summed E-state index contributed by atoms with van der Waals surface area (Å²) in [5.74, 6) is -0.0631. The summed E-state index contributed by atoms with van der Waals surface area (Å²) < 4.78 is 35.8. The van der Waals surface area contributed by atoms with E-state index >= 15 is 0 Å². The van der Waals surface area contributed by atoms with E-state index in [0.717, 1.165) is 11.4 Å². The van der Waals surface area contributed by atoms with Crippen LogP contribution >= 0.6 is 0 Å². The Morgan fingerprint density at radius 1 is 1.17 bits per heavy atom. The minimum absolute atomic E-state index is 0.0631. The zero-order chi connectivity index (χ0) is 13.8. The van der Waals surface area contributed by atoms with Crippen molar-refractivity contribution in [1.29, 1.82) is 0 Å². The Morgan fingerprint density at radius 2 is 1.78 bits per heavy atom. The molecule has 0 amide bonds. The molecule has 0 atom stereocenters. The van der Waals surface area contributed by atoms with Gasteiger partial charge in [0.05, 0.1) is 24.7 Å². The average molecular weight is 276 g/mol. The lowest BCUT2D eigenvalue weighted by Gasteiger charge is -2.09. The van der Waals surface area contributed by atoms with Gasteiger partial charge in [-0.15, -0.1) is 0 Å². The number of imidazole rings is 1. The summed E-state index contributed by atoms with van der Waals surface area (Å²) >= 11 is 0. The van der Waals surface area contributed by atoms with E-state index in [1.165, 1.54) is 7.11 Å². The molecule has 6 nitrogen and oxygen atoms in total. The normalized spacial score (nSPS) is 12.0. The highest BCUT2D eigenvalue weighted by molar-refractivity contribution is 7.91. The lowest BCUT2D eigenvalue weighted by molar-refractivity contribution is 0.183. The zero-order valence-electron chi connectivity index (χ0n) is 11.3. The Kier molecular flexibility index (Phi) is 5.30. The zero-order valence-corrected chi connectivity index (χ0v) is 12.1. The van der Waals surface area contributed by atoms with Gasteiger partial charge in [0.2, 0.25) is 15.0 Å². The molecule has 0 aromatic carbocycles. The summed E-state index contributed by atoms with van der Waals surface area (Å²) in [5.41, 5.74) is 1.57. The number of hydrogen-bond acceptors (Lipinski definition) is 5. The van der Waals surface area contributed by atoms with Crippen LogP contribution in [0.3, 0.4) is 0 Å². The minimum atomic E-state index is -3.41. The molecule has 0 N–H and O–H groups in total. The predicted molar refractivity (Wildman–Crippen MR) is 67.5 cm³/mol. The van der Waals surface area contributed by atoms with E-state index in [1.807, 2.05) is 6.92 Å². The first-order chi connectivity index (χ1) is 8.44. The van der Waals surface area contributed by atoms with Crippen LogP contribution in [0, 0.1) is 13.8 Å². The molecule has 1 aromatic rings. The van der Waals surface area contributed by atoms with Crippen molar-refractivity contribution in [2.75, 3.05) is 33.2 Å². The van der Waals surface area contributed by atoms with Gasteiger partial charge in [0, 0.05) is 26.5 Å². The fourth-order valence-corrected chi connectivity index (χ4v) is 3.00. The molecule has 0 saturated heterocycles. The molecule has 1 aromatic heterocycles. The number of methoxy groups -OCH3 is 2. The fraction of sp³-hybridized carbons (Fsp3) is 0.727. The second kappa shape index (κ2) is 6.31. The average Bonchev–Trinajstić information content (AvgIpc) is 2.62. The second-order valence-electron chi connectivity index (χ2n) is 4.02. The number of aryl methyl sites for hydroxylation is 1. The molecule has 0 spiro atoms. The smallest absolute Gasteiger partial charge is 0.228 e. The lowest BCUT2D eigenvalue weighted by Crippen LogP contribution is -2.19. The van der Waals surface area contributed by atoms with Gasteiger partial charge in [0.25, 0.3) is 0 Å². The van der Waals surface area contributed by atoms with Crippen molar-refractivity contribution >= 4 is 9.84 Å². The van der Waals surface area contributed by atoms with E-state index in [9.17, 15) is 8.42 Å². The van der Waals surface area contributed by atoms with Gasteiger partial charge < -0.3 is 14.0 Å². The molecule has 1 rings (SSSR count). The molecule has 0 radical (unpaired) electrons. The summed E-state index contributed by atoms with van der Waals surface area (Å²) in [6.45, 7) is 4.74. The van der Waals surface area contributed by atoms with Gasteiger partial charge in [-0.1, -0.05) is 0 Å². The summed E-state index contributed by atoms with van der Waals surface area (Å²) in [6.07, 6.45) is 0. The molecule has 0 aliphatic rings. The molecular formula is C11H20N2O4S. The highest BCUT2D eigenvalue weighted by Crippen LogP contribution is 2.16. The van der Waals surface area contributed by atoms with Gasteiger partial charge in [-0.25, -0.2) is 13.4 Å². The third kappa shape index (κ3) is 3.30. The fourth-order valence-electron chi connectivity index (χ4n) is 1.59. The van der Waals surface area contributed by atoms with E-state index in [1.54, 1.807) is 18.6 Å². The topological polar surface area (TPSA) is 70.4 Å². The third-order valence-electron chi connectivity index (χ3n) is 2.78. The molecule has 18 heavy (non-hydrogen) atoms. The molecule has 0 bridgehead atoms. The van der Waals surface area contributed by atoms with Crippen LogP contribution in [-0.4, -0.2) is 51.2 Å². The van der Waals surface area contributed by atoms with Crippen molar-refractivity contribution in [3.05, 3.63) is 11.4 Å². The number of ether oxygens (including phenoxy) is 2. The minimum Gasteiger partial charge on any atom is -0.384 e. The van der Waals surface area contributed by atoms with E-state index in [4.69, 9.17) is 9.47 Å². The van der Waals surface area contributed by atoms with Gasteiger partial charge in [0.15, 0.2) is 0 Å². The van der Waals surface area contributed by atoms with E-state index in [2.05, 4.69) is 4.98 Å². The summed E-state index contributed by atoms with van der Waals surface area (Å²) in [6, 6.07) is 0. The van der Waals surface area contributed by atoms with Crippen LogP contribution in [0.2, 0.25) is 0 Å². The summed E-state index contributed by atoms with van der Waals surface area (Å²) in [4.78, 5) is 4.15. The third-order valence-corrected chi connectivity index (χ3v) is 4.35. The SMILES string of the molecule is COCCn1c(S(=O)(=O)CCOC)nc(C)c1C. The van der Waals surface area contributed by atoms with E-state index in [0.29, 0.717) is 13.2 Å². The number of hydrogen-bond donors (Lipinski definition) is 0. The number of rotatable bonds is 7. The van der Waals surface area contributed by atoms with Crippen molar-refractivity contribution in [2.24, 2.45) is 0 Å². The van der Waals surface area contributed by atoms with Crippen molar-refractivity contribution in [3.63, 3.8) is 0 Å². The molecule has 0 saturated carbocycles. The van der Waals surface area contributed by atoms with Gasteiger partial charge in [-0.2, -0.15) is 0 Å². The Labute approximate surface area is 108 Å². The number of nitrogens with zero attached hydrogens (tertiary/aromatic N) is 2. The van der Waals surface area contributed by atoms with Gasteiger partial charge >= 0.3 is 0 Å². The first-order valence-electron chi connectivity index (χ1n) is 5.68. The van der Waals surface area contributed by atoms with Crippen LogP contribution in [-0.2, 0) is 25.9 Å². The molecular weight excluding hydrogens is 256 g/mol. The van der Waals surface area contributed by atoms with Crippen molar-refractivity contribution in [3.8, 4) is 0 Å². The molecule has 0 fully saturated rings. The monoisotopic (exact) mass is 276 g/mol. The van der Waals surface area contributed by atoms with E-state index < -0.39 is 9.84 Å². The Morgan fingerprint density at radius 3 is 2.33 bits per heavy atom. The van der Waals surface area contributed by atoms with Gasteiger partial charge in [-0.3, -0.25) is 0 Å². The van der Waals surface area contributed by atoms with Crippen molar-refractivity contribution < 1.29 is 17.9 Å². The first kappa shape index (κ1) is 15.1. The maximum absolute atomic E-state index is 12.1.